The van der Waals surface area contributed by atoms with E-state index in [2.05, 4.69) is 41.8 Å². The van der Waals surface area contributed by atoms with E-state index in [1.807, 2.05) is 6.07 Å². The summed E-state index contributed by atoms with van der Waals surface area (Å²) in [5, 5.41) is 0. The number of hydrogen-bond acceptors (Lipinski definition) is 8. The molecule has 0 aromatic carbocycles. The molecular formula is C19H27N7O. The van der Waals surface area contributed by atoms with Gasteiger partial charge in [-0.3, -0.25) is 4.90 Å². The molecule has 0 unspecified atom stereocenters. The third-order valence-electron chi connectivity index (χ3n) is 5.28. The maximum absolute atomic E-state index is 5.99. The topological polar surface area (TPSA) is 83.6 Å². The largest absolute Gasteiger partial charge is 0.481 e. The average Bonchev–Trinajstić information content (AvgIpc) is 3.23. The lowest BCUT2D eigenvalue weighted by molar-refractivity contribution is 0.244. The lowest BCUT2D eigenvalue weighted by Gasteiger charge is -2.35. The maximum atomic E-state index is 5.99. The Kier molecular flexibility index (Phi) is 5.24. The number of nitrogens with zero attached hydrogens (tertiary/aromatic N) is 6. The van der Waals surface area contributed by atoms with Crippen molar-refractivity contribution in [3.05, 3.63) is 30.0 Å². The van der Waals surface area contributed by atoms with Crippen LogP contribution in [0.1, 0.15) is 18.4 Å². The first-order chi connectivity index (χ1) is 13.2. The molecule has 0 aliphatic carbocycles. The standard InChI is InChI=1S/C19H27N7O/c1-27-18-15(5-4-6-21-18)14-24-9-11-26(12-10-24)17-13-16(22-19(20)23-17)25-7-2-3-8-25/h4-6,13H,2-3,7-12,14H2,1H3,(H2,20,22,23). The molecule has 2 N–H and O–H groups in total. The predicted octanol–water partition coefficient (Wildman–Crippen LogP) is 1.38. The summed E-state index contributed by atoms with van der Waals surface area (Å²) in [5.41, 5.74) is 7.11. The lowest BCUT2D eigenvalue weighted by atomic mass is 10.2. The Hall–Kier alpha value is -2.61. The monoisotopic (exact) mass is 369 g/mol. The number of rotatable bonds is 5. The SMILES string of the molecule is COc1ncccc1CN1CCN(c2cc(N3CCCC3)nc(N)n2)CC1. The molecule has 2 saturated heterocycles. The minimum Gasteiger partial charge on any atom is -0.481 e. The maximum Gasteiger partial charge on any atom is 0.223 e. The summed E-state index contributed by atoms with van der Waals surface area (Å²) in [6.07, 6.45) is 4.20. The van der Waals surface area contributed by atoms with Crippen LogP contribution in [0.25, 0.3) is 0 Å². The van der Waals surface area contributed by atoms with Crippen molar-refractivity contribution in [3.8, 4) is 5.88 Å². The van der Waals surface area contributed by atoms with Crippen LogP contribution in [0.3, 0.4) is 0 Å². The van der Waals surface area contributed by atoms with Gasteiger partial charge < -0.3 is 20.3 Å². The molecular weight excluding hydrogens is 342 g/mol. The van der Waals surface area contributed by atoms with Crippen molar-refractivity contribution in [3.63, 3.8) is 0 Å². The van der Waals surface area contributed by atoms with Gasteiger partial charge in [0.15, 0.2) is 0 Å². The summed E-state index contributed by atoms with van der Waals surface area (Å²) in [6, 6.07) is 6.12. The molecule has 2 aliphatic rings. The quantitative estimate of drug-likeness (QED) is 0.846. The number of hydrogen-bond donors (Lipinski definition) is 1. The molecule has 0 saturated carbocycles. The van der Waals surface area contributed by atoms with Crippen LogP contribution in [0.15, 0.2) is 24.4 Å². The van der Waals surface area contributed by atoms with Crippen LogP contribution in [0.5, 0.6) is 5.88 Å². The van der Waals surface area contributed by atoms with Gasteiger partial charge >= 0.3 is 0 Å². The minimum atomic E-state index is 0.358. The highest BCUT2D eigenvalue weighted by molar-refractivity contribution is 5.54. The molecule has 4 rings (SSSR count). The van der Waals surface area contributed by atoms with Gasteiger partial charge in [-0.25, -0.2) is 4.98 Å². The predicted molar refractivity (Wildman–Crippen MR) is 106 cm³/mol. The molecule has 2 aliphatic heterocycles. The molecule has 0 radical (unpaired) electrons. The van der Waals surface area contributed by atoms with Crippen molar-refractivity contribution in [2.45, 2.75) is 19.4 Å². The zero-order valence-corrected chi connectivity index (χ0v) is 15.8. The molecule has 27 heavy (non-hydrogen) atoms. The molecule has 0 atom stereocenters. The molecule has 8 nitrogen and oxygen atoms in total. The highest BCUT2D eigenvalue weighted by Crippen LogP contribution is 2.25. The zero-order valence-electron chi connectivity index (χ0n) is 15.8. The van der Waals surface area contributed by atoms with E-state index >= 15 is 0 Å². The van der Waals surface area contributed by atoms with Crippen LogP contribution in [0.4, 0.5) is 17.6 Å². The van der Waals surface area contributed by atoms with Crippen LogP contribution in [-0.4, -0.2) is 66.2 Å². The van der Waals surface area contributed by atoms with E-state index in [4.69, 9.17) is 10.5 Å². The lowest BCUT2D eigenvalue weighted by Crippen LogP contribution is -2.46. The normalized spacial score (nSPS) is 18.1. The Morgan fingerprint density at radius 3 is 2.33 bits per heavy atom. The van der Waals surface area contributed by atoms with Gasteiger partial charge in [0, 0.05) is 63.6 Å². The molecule has 144 valence electrons. The summed E-state index contributed by atoms with van der Waals surface area (Å²) in [7, 11) is 1.67. The Morgan fingerprint density at radius 2 is 1.67 bits per heavy atom. The fourth-order valence-electron chi connectivity index (χ4n) is 3.81. The van der Waals surface area contributed by atoms with Crippen LogP contribution >= 0.6 is 0 Å². The van der Waals surface area contributed by atoms with Crippen LogP contribution in [-0.2, 0) is 6.54 Å². The van der Waals surface area contributed by atoms with Crippen LogP contribution < -0.4 is 20.3 Å². The number of anilines is 3. The molecule has 2 aromatic heterocycles. The number of aromatic nitrogens is 3. The van der Waals surface area contributed by atoms with Crippen molar-refractivity contribution >= 4 is 17.6 Å². The fourth-order valence-corrected chi connectivity index (χ4v) is 3.81. The number of ether oxygens (including phenoxy) is 1. The van der Waals surface area contributed by atoms with Crippen molar-refractivity contribution in [2.24, 2.45) is 0 Å². The smallest absolute Gasteiger partial charge is 0.223 e. The number of nitrogens with two attached hydrogens (primary N) is 1. The van der Waals surface area contributed by atoms with Crippen molar-refractivity contribution in [1.82, 2.24) is 19.9 Å². The Labute approximate surface area is 160 Å². The van der Waals surface area contributed by atoms with E-state index in [-0.39, 0.29) is 0 Å². The average molecular weight is 369 g/mol. The first kappa shape index (κ1) is 17.8. The molecule has 0 amide bonds. The summed E-state index contributed by atoms with van der Waals surface area (Å²) >= 11 is 0. The second-order valence-electron chi connectivity index (χ2n) is 7.07. The Bertz CT molecular complexity index is 770. The van der Waals surface area contributed by atoms with Gasteiger partial charge in [-0.15, -0.1) is 0 Å². The van der Waals surface area contributed by atoms with Crippen LogP contribution in [0, 0.1) is 0 Å². The van der Waals surface area contributed by atoms with Gasteiger partial charge in [0.1, 0.15) is 11.6 Å². The molecule has 2 fully saturated rings. The Balaban J connectivity index is 1.40. The first-order valence-corrected chi connectivity index (χ1v) is 9.57. The van der Waals surface area contributed by atoms with Gasteiger partial charge in [0.05, 0.1) is 7.11 Å². The van der Waals surface area contributed by atoms with Gasteiger partial charge in [0.2, 0.25) is 11.8 Å². The fraction of sp³-hybridized carbons (Fsp3) is 0.526. The van der Waals surface area contributed by atoms with E-state index in [0.29, 0.717) is 11.8 Å². The van der Waals surface area contributed by atoms with E-state index in [1.165, 1.54) is 12.8 Å². The Morgan fingerprint density at radius 1 is 1.00 bits per heavy atom. The zero-order chi connectivity index (χ0) is 18.6. The summed E-state index contributed by atoms with van der Waals surface area (Å²) in [4.78, 5) is 20.2. The van der Waals surface area contributed by atoms with Crippen LogP contribution in [0.2, 0.25) is 0 Å². The number of nitrogen functional groups attached to an aromatic ring is 1. The molecule has 2 aromatic rings. The second-order valence-corrected chi connectivity index (χ2v) is 7.07. The summed E-state index contributed by atoms with van der Waals surface area (Å²) in [5.74, 6) is 2.95. The van der Waals surface area contributed by atoms with Gasteiger partial charge in [-0.05, 0) is 18.9 Å². The first-order valence-electron chi connectivity index (χ1n) is 9.57. The molecule has 4 heterocycles. The summed E-state index contributed by atoms with van der Waals surface area (Å²) in [6.45, 7) is 6.70. The highest BCUT2D eigenvalue weighted by atomic mass is 16.5. The van der Waals surface area contributed by atoms with E-state index in [1.54, 1.807) is 13.3 Å². The van der Waals surface area contributed by atoms with Gasteiger partial charge in [-0.1, -0.05) is 6.07 Å². The van der Waals surface area contributed by atoms with Crippen molar-refractivity contribution in [2.75, 3.05) is 61.9 Å². The molecule has 8 heteroatoms. The highest BCUT2D eigenvalue weighted by Gasteiger charge is 2.22. The number of pyridine rings is 1. The van der Waals surface area contributed by atoms with Gasteiger partial charge in [-0.2, -0.15) is 9.97 Å². The van der Waals surface area contributed by atoms with Gasteiger partial charge in [0.25, 0.3) is 0 Å². The molecule has 0 spiro atoms. The van der Waals surface area contributed by atoms with Crippen molar-refractivity contribution in [1.29, 1.82) is 0 Å². The second kappa shape index (κ2) is 7.96. The van der Waals surface area contributed by atoms with E-state index in [0.717, 1.165) is 63.0 Å². The number of methoxy groups -OCH3 is 1. The third kappa shape index (κ3) is 4.05. The van der Waals surface area contributed by atoms with E-state index in [9.17, 15) is 0 Å². The summed E-state index contributed by atoms with van der Waals surface area (Å²) < 4.78 is 5.37. The molecule has 0 bridgehead atoms. The minimum absolute atomic E-state index is 0.358. The third-order valence-corrected chi connectivity index (χ3v) is 5.28. The number of piperazine rings is 1. The van der Waals surface area contributed by atoms with E-state index < -0.39 is 0 Å². The van der Waals surface area contributed by atoms with Crippen molar-refractivity contribution < 1.29 is 4.74 Å².